The van der Waals surface area contributed by atoms with E-state index in [0.29, 0.717) is 10.9 Å². The maximum atomic E-state index is 11.8. The molecule has 4 heteroatoms. The van der Waals surface area contributed by atoms with Crippen molar-refractivity contribution in [2.75, 3.05) is 0 Å². The third-order valence-electron chi connectivity index (χ3n) is 4.35. The Morgan fingerprint density at radius 1 is 1.17 bits per heavy atom. The number of aromatic hydroxyl groups is 1. The largest absolute Gasteiger partial charge is 0.508 e. The molecule has 0 spiro atoms. The number of benzene rings is 2. The number of phenols is 1. The summed E-state index contributed by atoms with van der Waals surface area (Å²) in [6.45, 7) is 4.50. The molecule has 1 aromatic heterocycles. The SMILES string of the molecule is Cc1cc2c(cc1O)c(C(N)=O)c(C)n2CCc1ccccc1. The van der Waals surface area contributed by atoms with Crippen LogP contribution in [0, 0.1) is 13.8 Å². The van der Waals surface area contributed by atoms with Crippen molar-refractivity contribution >= 4 is 16.8 Å². The number of rotatable bonds is 4. The summed E-state index contributed by atoms with van der Waals surface area (Å²) in [4.78, 5) is 11.8. The fourth-order valence-electron chi connectivity index (χ4n) is 3.10. The van der Waals surface area contributed by atoms with Gasteiger partial charge in [-0.15, -0.1) is 0 Å². The van der Waals surface area contributed by atoms with Crippen molar-refractivity contribution in [1.82, 2.24) is 4.57 Å². The van der Waals surface area contributed by atoms with Gasteiger partial charge in [0.05, 0.1) is 5.56 Å². The van der Waals surface area contributed by atoms with E-state index in [9.17, 15) is 9.90 Å². The van der Waals surface area contributed by atoms with Crippen LogP contribution in [0.4, 0.5) is 0 Å². The van der Waals surface area contributed by atoms with Crippen LogP contribution in [0.5, 0.6) is 5.75 Å². The number of aromatic nitrogens is 1. The van der Waals surface area contributed by atoms with E-state index in [1.54, 1.807) is 6.07 Å². The van der Waals surface area contributed by atoms with Crippen LogP contribution >= 0.6 is 0 Å². The summed E-state index contributed by atoms with van der Waals surface area (Å²) < 4.78 is 2.11. The van der Waals surface area contributed by atoms with Gasteiger partial charge < -0.3 is 15.4 Å². The highest BCUT2D eigenvalue weighted by Gasteiger charge is 2.19. The first-order valence-corrected chi connectivity index (χ1v) is 7.65. The van der Waals surface area contributed by atoms with Crippen LogP contribution in [0.3, 0.4) is 0 Å². The van der Waals surface area contributed by atoms with Crippen molar-refractivity contribution in [1.29, 1.82) is 0 Å². The number of phenolic OH excluding ortho intramolecular Hbond substituents is 1. The van der Waals surface area contributed by atoms with Gasteiger partial charge in [-0.2, -0.15) is 0 Å². The molecule has 0 saturated heterocycles. The molecule has 0 fully saturated rings. The number of hydrogen-bond donors (Lipinski definition) is 2. The molecule has 3 rings (SSSR count). The Labute approximate surface area is 135 Å². The van der Waals surface area contributed by atoms with Gasteiger partial charge in [-0.25, -0.2) is 0 Å². The zero-order chi connectivity index (χ0) is 16.6. The van der Waals surface area contributed by atoms with Gasteiger partial charge in [0, 0.05) is 23.1 Å². The fraction of sp³-hybridized carbons (Fsp3) is 0.211. The van der Waals surface area contributed by atoms with Gasteiger partial charge >= 0.3 is 0 Å². The minimum absolute atomic E-state index is 0.181. The molecule has 118 valence electrons. The zero-order valence-corrected chi connectivity index (χ0v) is 13.3. The smallest absolute Gasteiger partial charge is 0.251 e. The first-order valence-electron chi connectivity index (χ1n) is 7.65. The lowest BCUT2D eigenvalue weighted by atomic mass is 10.1. The van der Waals surface area contributed by atoms with E-state index in [1.807, 2.05) is 38.1 Å². The van der Waals surface area contributed by atoms with Crippen LogP contribution in [-0.2, 0) is 13.0 Å². The Morgan fingerprint density at radius 2 is 1.87 bits per heavy atom. The number of nitrogens with zero attached hydrogens (tertiary/aromatic N) is 1. The van der Waals surface area contributed by atoms with Crippen molar-refractivity contribution in [3.8, 4) is 5.75 Å². The molecule has 0 bridgehead atoms. The summed E-state index contributed by atoms with van der Waals surface area (Å²) in [5, 5.41) is 10.7. The van der Waals surface area contributed by atoms with E-state index >= 15 is 0 Å². The van der Waals surface area contributed by atoms with Crippen LogP contribution in [0.2, 0.25) is 0 Å². The molecule has 2 aromatic carbocycles. The van der Waals surface area contributed by atoms with Crippen LogP contribution in [0.25, 0.3) is 10.9 Å². The normalized spacial score (nSPS) is 11.0. The summed E-state index contributed by atoms with van der Waals surface area (Å²) in [6, 6.07) is 13.8. The number of aryl methyl sites for hydroxylation is 3. The van der Waals surface area contributed by atoms with Crippen molar-refractivity contribution < 1.29 is 9.90 Å². The van der Waals surface area contributed by atoms with E-state index in [1.165, 1.54) is 5.56 Å². The fourth-order valence-corrected chi connectivity index (χ4v) is 3.10. The zero-order valence-electron chi connectivity index (χ0n) is 13.3. The number of primary amides is 1. The minimum atomic E-state index is -0.464. The average molecular weight is 308 g/mol. The predicted molar refractivity (Wildman–Crippen MR) is 91.7 cm³/mol. The average Bonchev–Trinajstić information content (AvgIpc) is 2.78. The number of carbonyl (C=O) groups is 1. The van der Waals surface area contributed by atoms with Gasteiger partial charge in [0.2, 0.25) is 0 Å². The minimum Gasteiger partial charge on any atom is -0.508 e. The second kappa shape index (κ2) is 5.80. The third kappa shape index (κ3) is 2.68. The second-order valence-electron chi connectivity index (χ2n) is 5.87. The molecule has 1 amide bonds. The summed E-state index contributed by atoms with van der Waals surface area (Å²) in [7, 11) is 0. The maximum Gasteiger partial charge on any atom is 0.251 e. The van der Waals surface area contributed by atoms with Gasteiger partial charge in [0.1, 0.15) is 5.75 Å². The van der Waals surface area contributed by atoms with E-state index in [-0.39, 0.29) is 5.75 Å². The number of hydrogen-bond acceptors (Lipinski definition) is 2. The van der Waals surface area contributed by atoms with Gasteiger partial charge in [0.25, 0.3) is 5.91 Å². The number of fused-ring (bicyclic) bond motifs is 1. The van der Waals surface area contributed by atoms with Gasteiger partial charge in [-0.1, -0.05) is 30.3 Å². The molecule has 4 nitrogen and oxygen atoms in total. The van der Waals surface area contributed by atoms with Crippen molar-refractivity contribution in [2.24, 2.45) is 5.73 Å². The van der Waals surface area contributed by atoms with Gasteiger partial charge in [0.15, 0.2) is 0 Å². The second-order valence-corrected chi connectivity index (χ2v) is 5.87. The number of amides is 1. The van der Waals surface area contributed by atoms with E-state index in [4.69, 9.17) is 5.73 Å². The molecule has 23 heavy (non-hydrogen) atoms. The number of nitrogens with two attached hydrogens (primary N) is 1. The van der Waals surface area contributed by atoms with E-state index in [2.05, 4.69) is 16.7 Å². The standard InChI is InChI=1S/C19H20N2O2/c1-12-10-16-15(11-17(12)22)18(19(20)23)13(2)21(16)9-8-14-6-4-3-5-7-14/h3-7,10-11,22H,8-9H2,1-2H3,(H2,20,23). The molecule has 1 heterocycles. The highest BCUT2D eigenvalue weighted by atomic mass is 16.3. The molecule has 0 saturated carbocycles. The lowest BCUT2D eigenvalue weighted by molar-refractivity contribution is 0.100. The molecule has 0 atom stereocenters. The lowest BCUT2D eigenvalue weighted by Gasteiger charge is -2.09. The third-order valence-corrected chi connectivity index (χ3v) is 4.35. The predicted octanol–water partition coefficient (Wildman–Crippen LogP) is 3.31. The highest BCUT2D eigenvalue weighted by Crippen LogP contribution is 2.31. The lowest BCUT2D eigenvalue weighted by Crippen LogP contribution is -2.13. The van der Waals surface area contributed by atoms with Crippen LogP contribution in [0.1, 0.15) is 27.2 Å². The first-order chi connectivity index (χ1) is 11.0. The van der Waals surface area contributed by atoms with Crippen molar-refractivity contribution in [3.05, 3.63) is 64.8 Å². The molecule has 0 unspecified atom stereocenters. The van der Waals surface area contributed by atoms with Crippen LogP contribution < -0.4 is 5.73 Å². The molecule has 3 aromatic rings. The van der Waals surface area contributed by atoms with Gasteiger partial charge in [-0.3, -0.25) is 4.79 Å². The molecule has 0 aliphatic heterocycles. The van der Waals surface area contributed by atoms with Gasteiger partial charge in [-0.05, 0) is 43.5 Å². The van der Waals surface area contributed by atoms with Crippen LogP contribution in [0.15, 0.2) is 42.5 Å². The van der Waals surface area contributed by atoms with E-state index in [0.717, 1.165) is 29.7 Å². The molecule has 0 radical (unpaired) electrons. The van der Waals surface area contributed by atoms with Crippen molar-refractivity contribution in [3.63, 3.8) is 0 Å². The number of carbonyl (C=O) groups excluding carboxylic acids is 1. The summed E-state index contributed by atoms with van der Waals surface area (Å²) >= 11 is 0. The highest BCUT2D eigenvalue weighted by molar-refractivity contribution is 6.08. The quantitative estimate of drug-likeness (QED) is 0.776. The Kier molecular flexibility index (Phi) is 3.82. The Hall–Kier alpha value is -2.75. The van der Waals surface area contributed by atoms with Crippen LogP contribution in [-0.4, -0.2) is 15.6 Å². The molecular formula is C19H20N2O2. The molecular weight excluding hydrogens is 288 g/mol. The summed E-state index contributed by atoms with van der Waals surface area (Å²) in [6.07, 6.45) is 0.865. The summed E-state index contributed by atoms with van der Waals surface area (Å²) in [5.74, 6) is -0.283. The summed E-state index contributed by atoms with van der Waals surface area (Å²) in [5.41, 5.74) is 9.84. The molecule has 3 N–H and O–H groups in total. The molecule has 0 aliphatic carbocycles. The first kappa shape index (κ1) is 15.2. The topological polar surface area (TPSA) is 68.2 Å². The maximum absolute atomic E-state index is 11.8. The Bertz CT molecular complexity index is 880. The Morgan fingerprint density at radius 3 is 2.52 bits per heavy atom. The molecule has 0 aliphatic rings. The monoisotopic (exact) mass is 308 g/mol. The van der Waals surface area contributed by atoms with E-state index < -0.39 is 5.91 Å². The van der Waals surface area contributed by atoms with Crippen molar-refractivity contribution in [2.45, 2.75) is 26.8 Å². The Balaban J connectivity index is 2.10.